The molecule has 0 fully saturated rings. The lowest BCUT2D eigenvalue weighted by Crippen LogP contribution is -2.38. The third kappa shape index (κ3) is 3.23. The van der Waals surface area contributed by atoms with Gasteiger partial charge in [0.25, 0.3) is 5.91 Å². The molecule has 1 aliphatic rings. The van der Waals surface area contributed by atoms with Gasteiger partial charge in [0, 0.05) is 10.6 Å². The van der Waals surface area contributed by atoms with E-state index in [-0.39, 0.29) is 0 Å². The summed E-state index contributed by atoms with van der Waals surface area (Å²) in [4.78, 5) is 26.4. The highest BCUT2D eigenvalue weighted by Crippen LogP contribution is 2.40. The predicted molar refractivity (Wildman–Crippen MR) is 97.4 cm³/mol. The lowest BCUT2D eigenvalue weighted by atomic mass is 10.1. The number of carbonyl (C=O) groups is 2. The number of nitrogens with zero attached hydrogens (tertiary/aromatic N) is 1. The number of thiophene rings is 1. The number of hydrogen-bond donors (Lipinski definition) is 0. The number of carbonyl (C=O) groups excluding carboxylic acids is 2. The third-order valence-electron chi connectivity index (χ3n) is 3.35. The fourth-order valence-corrected chi connectivity index (χ4v) is 3.20. The minimum atomic E-state index is -0.704. The van der Waals surface area contributed by atoms with E-state index in [0.29, 0.717) is 21.8 Å². The van der Waals surface area contributed by atoms with E-state index >= 15 is 0 Å². The third-order valence-corrected chi connectivity index (χ3v) is 4.29. The summed E-state index contributed by atoms with van der Waals surface area (Å²) < 4.78 is 5.37. The van der Waals surface area contributed by atoms with Crippen LogP contribution in [0.25, 0.3) is 11.6 Å². The van der Waals surface area contributed by atoms with Gasteiger partial charge in [0.15, 0.2) is 0 Å². The average molecular weight is 362 g/mol. The van der Waals surface area contributed by atoms with Crippen LogP contribution >= 0.6 is 22.9 Å². The van der Waals surface area contributed by atoms with Crippen molar-refractivity contribution in [3.8, 4) is 0 Å². The van der Waals surface area contributed by atoms with Crippen LogP contribution in [-0.4, -0.2) is 17.6 Å². The van der Waals surface area contributed by atoms with E-state index in [1.165, 1.54) is 0 Å². The Balaban J connectivity index is 2.08. The molecule has 0 unspecified atom stereocenters. The molecule has 2 heterocycles. The Kier molecular flexibility index (Phi) is 4.24. The molecule has 3 rings (SSSR count). The molecule has 0 spiro atoms. The van der Waals surface area contributed by atoms with Gasteiger partial charge in [-0.15, -0.1) is 0 Å². The zero-order valence-corrected chi connectivity index (χ0v) is 15.1. The second kappa shape index (κ2) is 6.07. The summed E-state index contributed by atoms with van der Waals surface area (Å²) in [6.45, 7) is 5.27. The van der Waals surface area contributed by atoms with Crippen LogP contribution in [0.3, 0.4) is 0 Å². The number of amides is 2. The van der Waals surface area contributed by atoms with Crippen LogP contribution in [-0.2, 0) is 9.53 Å². The number of ether oxygens (including phenoxy) is 1. The fraction of sp³-hybridized carbons (Fsp3) is 0.222. The first-order valence-corrected chi connectivity index (χ1v) is 8.69. The number of rotatable bonds is 1. The lowest BCUT2D eigenvalue weighted by molar-refractivity contribution is -0.112. The summed E-state index contributed by atoms with van der Waals surface area (Å²) in [7, 11) is 0. The van der Waals surface area contributed by atoms with Gasteiger partial charge in [-0.2, -0.15) is 11.3 Å². The van der Waals surface area contributed by atoms with Gasteiger partial charge in [-0.3, -0.25) is 4.79 Å². The van der Waals surface area contributed by atoms with Gasteiger partial charge in [-0.25, -0.2) is 9.69 Å². The molecular weight excluding hydrogens is 346 g/mol. The first-order valence-electron chi connectivity index (χ1n) is 7.37. The van der Waals surface area contributed by atoms with E-state index in [0.717, 1.165) is 10.5 Å². The van der Waals surface area contributed by atoms with Crippen molar-refractivity contribution in [1.82, 2.24) is 0 Å². The molecule has 2 amide bonds. The second-order valence-electron chi connectivity index (χ2n) is 6.40. The largest absolute Gasteiger partial charge is 0.443 e. The van der Waals surface area contributed by atoms with Gasteiger partial charge >= 0.3 is 6.09 Å². The minimum Gasteiger partial charge on any atom is -0.443 e. The van der Waals surface area contributed by atoms with Crippen molar-refractivity contribution in [3.63, 3.8) is 0 Å². The highest BCUT2D eigenvalue weighted by Gasteiger charge is 2.39. The molecule has 4 nitrogen and oxygen atoms in total. The molecule has 2 aromatic rings. The molecule has 1 aromatic heterocycles. The van der Waals surface area contributed by atoms with Crippen LogP contribution in [0, 0.1) is 0 Å². The van der Waals surface area contributed by atoms with Gasteiger partial charge in [0.2, 0.25) is 0 Å². The van der Waals surface area contributed by atoms with Crippen LogP contribution in [0.4, 0.5) is 10.5 Å². The van der Waals surface area contributed by atoms with Crippen LogP contribution < -0.4 is 4.90 Å². The quantitative estimate of drug-likeness (QED) is 0.654. The van der Waals surface area contributed by atoms with E-state index in [9.17, 15) is 9.59 Å². The molecule has 124 valence electrons. The topological polar surface area (TPSA) is 46.6 Å². The molecule has 6 heteroatoms. The molecule has 1 aromatic carbocycles. The highest BCUT2D eigenvalue weighted by molar-refractivity contribution is 7.08. The van der Waals surface area contributed by atoms with Gasteiger partial charge in [0.05, 0.1) is 11.3 Å². The number of halogens is 1. The maximum atomic E-state index is 12.8. The monoisotopic (exact) mass is 361 g/mol. The van der Waals surface area contributed by atoms with E-state index < -0.39 is 17.6 Å². The first kappa shape index (κ1) is 16.7. The molecule has 0 aliphatic carbocycles. The number of imide groups is 1. The van der Waals surface area contributed by atoms with Gasteiger partial charge < -0.3 is 4.74 Å². The van der Waals surface area contributed by atoms with Crippen molar-refractivity contribution < 1.29 is 14.3 Å². The van der Waals surface area contributed by atoms with E-state index in [2.05, 4.69) is 0 Å². The first-order chi connectivity index (χ1) is 11.3. The second-order valence-corrected chi connectivity index (χ2v) is 7.61. The number of fused-ring (bicyclic) bond motifs is 1. The summed E-state index contributed by atoms with van der Waals surface area (Å²) in [5, 5.41) is 4.32. The summed E-state index contributed by atoms with van der Waals surface area (Å²) in [5.74, 6) is -0.410. The van der Waals surface area contributed by atoms with Crippen molar-refractivity contribution in [1.29, 1.82) is 0 Å². The van der Waals surface area contributed by atoms with Crippen LogP contribution in [0.2, 0.25) is 5.02 Å². The Labute approximate surface area is 149 Å². The Hall–Kier alpha value is -2.11. The normalized spacial score (nSPS) is 15.8. The Morgan fingerprint density at radius 2 is 2.04 bits per heavy atom. The molecule has 0 atom stereocenters. The molecule has 0 saturated carbocycles. The maximum Gasteiger partial charge on any atom is 0.422 e. The standard InChI is InChI=1S/C18H16ClNO3S/c1-18(2,3)23-17(22)20-15-9-12(19)4-5-13(15)14(16(20)21)8-11-6-7-24-10-11/h4-10H,1-3H3/b14-8-. The van der Waals surface area contributed by atoms with E-state index in [1.54, 1.807) is 56.4 Å². The summed E-state index contributed by atoms with van der Waals surface area (Å²) in [5.41, 5.74) is 1.78. The number of anilines is 1. The van der Waals surface area contributed by atoms with Crippen molar-refractivity contribution in [2.75, 3.05) is 4.90 Å². The average Bonchev–Trinajstić information content (AvgIpc) is 3.05. The van der Waals surface area contributed by atoms with Crippen molar-refractivity contribution in [2.45, 2.75) is 26.4 Å². The minimum absolute atomic E-state index is 0.410. The Morgan fingerprint density at radius 1 is 1.29 bits per heavy atom. The van der Waals surface area contributed by atoms with E-state index in [1.807, 2.05) is 16.8 Å². The molecule has 0 saturated heterocycles. The molecule has 1 aliphatic heterocycles. The Bertz CT molecular complexity index is 834. The molecule has 0 bridgehead atoms. The smallest absolute Gasteiger partial charge is 0.422 e. The summed E-state index contributed by atoms with van der Waals surface area (Å²) in [6, 6.07) is 6.97. The lowest BCUT2D eigenvalue weighted by Gasteiger charge is -2.23. The van der Waals surface area contributed by atoms with Crippen LogP contribution in [0.1, 0.15) is 31.9 Å². The molecule has 24 heavy (non-hydrogen) atoms. The fourth-order valence-electron chi connectivity index (χ4n) is 2.41. The summed E-state index contributed by atoms with van der Waals surface area (Å²) in [6.07, 6.45) is 1.07. The van der Waals surface area contributed by atoms with Gasteiger partial charge in [-0.05, 0) is 61.4 Å². The van der Waals surface area contributed by atoms with Crippen LogP contribution in [0.15, 0.2) is 35.0 Å². The SMILES string of the molecule is CC(C)(C)OC(=O)N1C(=O)/C(=C\c2ccsc2)c2ccc(Cl)cc21. The van der Waals surface area contributed by atoms with Crippen molar-refractivity contribution >= 4 is 52.3 Å². The molecule has 0 N–H and O–H groups in total. The highest BCUT2D eigenvalue weighted by atomic mass is 35.5. The molecule has 0 radical (unpaired) electrons. The molecular formula is C18H16ClNO3S. The van der Waals surface area contributed by atoms with Crippen molar-refractivity contribution in [3.05, 3.63) is 51.2 Å². The van der Waals surface area contributed by atoms with Gasteiger partial charge in [-0.1, -0.05) is 17.7 Å². The Morgan fingerprint density at radius 3 is 2.67 bits per heavy atom. The van der Waals surface area contributed by atoms with E-state index in [4.69, 9.17) is 16.3 Å². The zero-order chi connectivity index (χ0) is 17.5. The number of benzene rings is 1. The van der Waals surface area contributed by atoms with Crippen molar-refractivity contribution in [2.24, 2.45) is 0 Å². The maximum absolute atomic E-state index is 12.8. The van der Waals surface area contributed by atoms with Crippen LogP contribution in [0.5, 0.6) is 0 Å². The predicted octanol–water partition coefficient (Wildman–Crippen LogP) is 5.22. The summed E-state index contributed by atoms with van der Waals surface area (Å²) >= 11 is 7.60. The van der Waals surface area contributed by atoms with Gasteiger partial charge in [0.1, 0.15) is 5.60 Å². The number of hydrogen-bond acceptors (Lipinski definition) is 4. The zero-order valence-electron chi connectivity index (χ0n) is 13.5.